The first-order chi connectivity index (χ1) is 9.37. The first-order valence-electron chi connectivity index (χ1n) is 7.80. The standard InChI is InChI=1S/C17H23NO/c1-2-4-16-15(3-1)13(7-10-19-16)11-18-12-17(8-9-17)14-5-6-14/h1-4,13-14,18H,5-12H2. The van der Waals surface area contributed by atoms with Crippen LogP contribution < -0.4 is 10.1 Å². The van der Waals surface area contributed by atoms with Crippen molar-refractivity contribution in [2.24, 2.45) is 11.3 Å². The van der Waals surface area contributed by atoms with Gasteiger partial charge in [0.1, 0.15) is 5.75 Å². The number of rotatable bonds is 5. The number of hydrogen-bond donors (Lipinski definition) is 1. The monoisotopic (exact) mass is 257 g/mol. The van der Waals surface area contributed by atoms with Gasteiger partial charge in [-0.15, -0.1) is 0 Å². The topological polar surface area (TPSA) is 21.3 Å². The summed E-state index contributed by atoms with van der Waals surface area (Å²) in [6, 6.07) is 8.54. The zero-order chi connectivity index (χ0) is 12.7. The molecule has 3 aliphatic rings. The van der Waals surface area contributed by atoms with Gasteiger partial charge < -0.3 is 10.1 Å². The maximum atomic E-state index is 5.73. The average molecular weight is 257 g/mol. The maximum Gasteiger partial charge on any atom is 0.122 e. The summed E-state index contributed by atoms with van der Waals surface area (Å²) >= 11 is 0. The van der Waals surface area contributed by atoms with Crippen molar-refractivity contribution in [1.82, 2.24) is 5.32 Å². The average Bonchev–Trinajstić information content (AvgIpc) is 3.32. The summed E-state index contributed by atoms with van der Waals surface area (Å²) in [5, 5.41) is 3.76. The van der Waals surface area contributed by atoms with E-state index in [1.54, 1.807) is 0 Å². The number of ether oxygens (including phenoxy) is 1. The van der Waals surface area contributed by atoms with Crippen molar-refractivity contribution in [1.29, 1.82) is 0 Å². The van der Waals surface area contributed by atoms with Crippen molar-refractivity contribution < 1.29 is 4.74 Å². The predicted molar refractivity (Wildman–Crippen MR) is 76.6 cm³/mol. The van der Waals surface area contributed by atoms with Crippen molar-refractivity contribution in [3.8, 4) is 5.75 Å². The van der Waals surface area contributed by atoms with Crippen molar-refractivity contribution in [2.45, 2.75) is 38.0 Å². The van der Waals surface area contributed by atoms with Crippen LogP contribution in [-0.4, -0.2) is 19.7 Å². The molecule has 102 valence electrons. The summed E-state index contributed by atoms with van der Waals surface area (Å²) in [5.41, 5.74) is 2.11. The Kier molecular flexibility index (Phi) is 2.80. The smallest absolute Gasteiger partial charge is 0.122 e. The fraction of sp³-hybridized carbons (Fsp3) is 0.647. The third kappa shape index (κ3) is 2.27. The van der Waals surface area contributed by atoms with E-state index in [1.807, 2.05) is 0 Å². The Morgan fingerprint density at radius 2 is 2.00 bits per heavy atom. The molecule has 0 spiro atoms. The van der Waals surface area contributed by atoms with Gasteiger partial charge in [-0.25, -0.2) is 0 Å². The molecule has 1 heterocycles. The van der Waals surface area contributed by atoms with Gasteiger partial charge >= 0.3 is 0 Å². The lowest BCUT2D eigenvalue weighted by molar-refractivity contribution is 0.262. The van der Waals surface area contributed by atoms with E-state index in [4.69, 9.17) is 4.74 Å². The van der Waals surface area contributed by atoms with Crippen molar-refractivity contribution in [2.75, 3.05) is 19.7 Å². The fourth-order valence-electron chi connectivity index (χ4n) is 3.71. The van der Waals surface area contributed by atoms with Crippen LogP contribution in [0.15, 0.2) is 24.3 Å². The number of para-hydroxylation sites is 1. The molecule has 2 heteroatoms. The number of benzene rings is 1. The second-order valence-corrected chi connectivity index (χ2v) is 6.64. The summed E-state index contributed by atoms with van der Waals surface area (Å²) in [6.07, 6.45) is 7.06. The third-order valence-corrected chi connectivity index (χ3v) is 5.29. The maximum absolute atomic E-state index is 5.73. The Bertz CT molecular complexity index is 462. The molecule has 0 radical (unpaired) electrons. The van der Waals surface area contributed by atoms with E-state index in [2.05, 4.69) is 29.6 Å². The molecule has 2 nitrogen and oxygen atoms in total. The van der Waals surface area contributed by atoms with E-state index in [-0.39, 0.29) is 0 Å². The second-order valence-electron chi connectivity index (χ2n) is 6.64. The van der Waals surface area contributed by atoms with Gasteiger partial charge in [0.15, 0.2) is 0 Å². The molecule has 1 aromatic carbocycles. The minimum Gasteiger partial charge on any atom is -0.493 e. The molecule has 0 bridgehead atoms. The number of hydrogen-bond acceptors (Lipinski definition) is 2. The minimum atomic E-state index is 0.639. The van der Waals surface area contributed by atoms with Crippen LogP contribution in [0.1, 0.15) is 43.6 Å². The second kappa shape index (κ2) is 4.52. The number of nitrogens with one attached hydrogen (secondary N) is 1. The van der Waals surface area contributed by atoms with Gasteiger partial charge in [0.25, 0.3) is 0 Å². The highest BCUT2D eigenvalue weighted by atomic mass is 16.5. The van der Waals surface area contributed by atoms with Crippen LogP contribution in [0.2, 0.25) is 0 Å². The van der Waals surface area contributed by atoms with Crippen molar-refractivity contribution >= 4 is 0 Å². The molecule has 1 unspecified atom stereocenters. The lowest BCUT2D eigenvalue weighted by Crippen LogP contribution is -2.31. The SMILES string of the molecule is c1ccc2c(c1)OCCC2CNCC1(C2CC2)CC1. The van der Waals surface area contributed by atoms with Crippen LogP contribution in [0.25, 0.3) is 0 Å². The lowest BCUT2D eigenvalue weighted by Gasteiger charge is -2.27. The quantitative estimate of drug-likeness (QED) is 0.873. The van der Waals surface area contributed by atoms with Gasteiger partial charge in [0.05, 0.1) is 6.61 Å². The van der Waals surface area contributed by atoms with Crippen LogP contribution in [0.5, 0.6) is 5.75 Å². The van der Waals surface area contributed by atoms with E-state index in [0.717, 1.165) is 31.2 Å². The largest absolute Gasteiger partial charge is 0.493 e. The van der Waals surface area contributed by atoms with Crippen LogP contribution >= 0.6 is 0 Å². The molecule has 0 saturated heterocycles. The summed E-state index contributed by atoms with van der Waals surface area (Å²) in [4.78, 5) is 0. The molecule has 2 fully saturated rings. The van der Waals surface area contributed by atoms with Gasteiger partial charge in [-0.3, -0.25) is 0 Å². The predicted octanol–water partition coefficient (Wildman–Crippen LogP) is 3.33. The highest BCUT2D eigenvalue weighted by molar-refractivity contribution is 5.37. The Balaban J connectivity index is 1.36. The van der Waals surface area contributed by atoms with Crippen molar-refractivity contribution in [3.05, 3.63) is 29.8 Å². The molecule has 0 amide bonds. The normalized spacial score (nSPS) is 27.5. The van der Waals surface area contributed by atoms with Gasteiger partial charge in [-0.05, 0) is 55.1 Å². The minimum absolute atomic E-state index is 0.639. The van der Waals surface area contributed by atoms with Crippen LogP contribution in [0.3, 0.4) is 0 Å². The van der Waals surface area contributed by atoms with Crippen molar-refractivity contribution in [3.63, 3.8) is 0 Å². The molecule has 2 saturated carbocycles. The first kappa shape index (κ1) is 11.8. The Morgan fingerprint density at radius 1 is 1.16 bits per heavy atom. The Hall–Kier alpha value is -1.02. The summed E-state index contributed by atoms with van der Waals surface area (Å²) in [6.45, 7) is 3.24. The van der Waals surface area contributed by atoms with E-state index in [0.29, 0.717) is 11.3 Å². The molecular weight excluding hydrogens is 234 g/mol. The molecule has 4 rings (SSSR count). The van der Waals surface area contributed by atoms with Crippen LogP contribution in [0, 0.1) is 11.3 Å². The summed E-state index contributed by atoms with van der Waals surface area (Å²) in [7, 11) is 0. The molecule has 2 aliphatic carbocycles. The zero-order valence-electron chi connectivity index (χ0n) is 11.5. The molecule has 1 atom stereocenters. The lowest BCUT2D eigenvalue weighted by atomic mass is 9.92. The highest BCUT2D eigenvalue weighted by Crippen LogP contribution is 2.60. The Labute approximate surface area is 115 Å². The van der Waals surface area contributed by atoms with Gasteiger partial charge in [-0.1, -0.05) is 18.2 Å². The summed E-state index contributed by atoms with van der Waals surface area (Å²) in [5.74, 6) is 2.80. The summed E-state index contributed by atoms with van der Waals surface area (Å²) < 4.78 is 5.73. The Morgan fingerprint density at radius 3 is 2.79 bits per heavy atom. The van der Waals surface area contributed by atoms with E-state index < -0.39 is 0 Å². The van der Waals surface area contributed by atoms with Gasteiger partial charge in [0, 0.05) is 19.0 Å². The zero-order valence-corrected chi connectivity index (χ0v) is 11.5. The van der Waals surface area contributed by atoms with Crippen LogP contribution in [-0.2, 0) is 0 Å². The fourth-order valence-corrected chi connectivity index (χ4v) is 3.71. The number of fused-ring (bicyclic) bond motifs is 1. The molecule has 19 heavy (non-hydrogen) atoms. The highest BCUT2D eigenvalue weighted by Gasteiger charge is 2.53. The molecule has 1 N–H and O–H groups in total. The van der Waals surface area contributed by atoms with E-state index in [9.17, 15) is 0 Å². The third-order valence-electron chi connectivity index (χ3n) is 5.29. The van der Waals surface area contributed by atoms with Gasteiger partial charge in [0.2, 0.25) is 0 Å². The van der Waals surface area contributed by atoms with E-state index in [1.165, 1.54) is 37.8 Å². The first-order valence-corrected chi connectivity index (χ1v) is 7.80. The van der Waals surface area contributed by atoms with E-state index >= 15 is 0 Å². The molecule has 0 aromatic heterocycles. The van der Waals surface area contributed by atoms with Gasteiger partial charge in [-0.2, -0.15) is 0 Å². The van der Waals surface area contributed by atoms with Crippen LogP contribution in [0.4, 0.5) is 0 Å². The molecule has 1 aliphatic heterocycles. The molecular formula is C17H23NO. The molecule has 1 aromatic rings.